The molecule has 0 aromatic carbocycles. The minimum absolute atomic E-state index is 0.497. The number of hydrogen-bond acceptors (Lipinski definition) is 2. The number of rotatable bonds is 0. The average molecular weight is 130 g/mol. The first kappa shape index (κ1) is 7.03. The van der Waals surface area contributed by atoms with E-state index in [1.165, 1.54) is 0 Å². The maximum atomic E-state index is 9.42. The van der Waals surface area contributed by atoms with Gasteiger partial charge in [-0.05, 0) is 19.3 Å². The molecule has 0 bridgehead atoms. The molecule has 2 nitrogen and oxygen atoms in total. The largest absolute Gasteiger partial charge is 0.388 e. The van der Waals surface area contributed by atoms with Crippen molar-refractivity contribution in [1.29, 1.82) is 0 Å². The molecule has 1 heterocycles. The normalized spacial score (nSPS) is 45.0. The molecule has 54 valence electrons. The van der Waals surface area contributed by atoms with Crippen LogP contribution in [0.5, 0.6) is 0 Å². The summed E-state index contributed by atoms with van der Waals surface area (Å²) in [5.41, 5.74) is -0.572. The van der Waals surface area contributed by atoms with Crippen molar-refractivity contribution in [2.24, 2.45) is 5.92 Å². The Hall–Kier alpha value is -0.0800. The van der Waals surface area contributed by atoms with Gasteiger partial charge in [0.2, 0.25) is 0 Å². The van der Waals surface area contributed by atoms with Gasteiger partial charge in [-0.2, -0.15) is 0 Å². The van der Waals surface area contributed by atoms with Crippen LogP contribution >= 0.6 is 0 Å². The topological polar surface area (TPSA) is 29.5 Å². The van der Waals surface area contributed by atoms with E-state index in [4.69, 9.17) is 4.74 Å². The highest BCUT2D eigenvalue weighted by molar-refractivity contribution is 4.78. The molecule has 1 N–H and O–H groups in total. The molecule has 1 aliphatic rings. The Labute approximate surface area is 55.8 Å². The molecule has 0 amide bonds. The predicted octanol–water partition coefficient (Wildman–Crippen LogP) is 0.794. The second-order valence-corrected chi connectivity index (χ2v) is 3.32. The van der Waals surface area contributed by atoms with E-state index in [9.17, 15) is 5.11 Å². The van der Waals surface area contributed by atoms with E-state index < -0.39 is 5.60 Å². The summed E-state index contributed by atoms with van der Waals surface area (Å²) < 4.78 is 5.15. The number of aliphatic hydroxyl groups is 1. The molecule has 0 aromatic rings. The van der Waals surface area contributed by atoms with Gasteiger partial charge in [0.05, 0.1) is 12.2 Å². The fourth-order valence-corrected chi connectivity index (χ4v) is 1.35. The molecule has 1 fully saturated rings. The van der Waals surface area contributed by atoms with E-state index in [1.54, 1.807) is 0 Å². The summed E-state index contributed by atoms with van der Waals surface area (Å²) in [7, 11) is 0. The van der Waals surface area contributed by atoms with Crippen molar-refractivity contribution in [3.05, 3.63) is 0 Å². The Kier molecular flexibility index (Phi) is 1.78. The highest BCUT2D eigenvalue weighted by Gasteiger charge is 2.27. The van der Waals surface area contributed by atoms with E-state index in [1.807, 2.05) is 6.92 Å². The van der Waals surface area contributed by atoms with Gasteiger partial charge < -0.3 is 9.84 Å². The first-order valence-electron chi connectivity index (χ1n) is 3.40. The maximum Gasteiger partial charge on any atom is 0.0855 e. The Bertz CT molecular complexity index is 99.1. The Balaban J connectivity index is 2.41. The van der Waals surface area contributed by atoms with Crippen molar-refractivity contribution in [2.75, 3.05) is 13.2 Å². The molecule has 0 aromatic heterocycles. The minimum atomic E-state index is -0.572. The van der Waals surface area contributed by atoms with Gasteiger partial charge in [0.15, 0.2) is 0 Å². The van der Waals surface area contributed by atoms with Crippen LogP contribution in [0.15, 0.2) is 0 Å². The van der Waals surface area contributed by atoms with Crippen LogP contribution in [0, 0.1) is 5.92 Å². The lowest BCUT2D eigenvalue weighted by atomic mass is 9.92. The SMILES string of the molecule is C[C@H]1COC[C@](C)(O)C1. The maximum absolute atomic E-state index is 9.42. The summed E-state index contributed by atoms with van der Waals surface area (Å²) in [5, 5.41) is 9.42. The first-order valence-corrected chi connectivity index (χ1v) is 3.40. The smallest absolute Gasteiger partial charge is 0.0855 e. The van der Waals surface area contributed by atoms with Crippen LogP contribution in [0.2, 0.25) is 0 Å². The van der Waals surface area contributed by atoms with Gasteiger partial charge in [-0.1, -0.05) is 6.92 Å². The van der Waals surface area contributed by atoms with Crippen LogP contribution in [0.4, 0.5) is 0 Å². The minimum Gasteiger partial charge on any atom is -0.388 e. The van der Waals surface area contributed by atoms with Crippen molar-refractivity contribution in [1.82, 2.24) is 0 Å². The van der Waals surface area contributed by atoms with Crippen LogP contribution in [0.25, 0.3) is 0 Å². The molecule has 2 heteroatoms. The number of ether oxygens (including phenoxy) is 1. The monoisotopic (exact) mass is 130 g/mol. The van der Waals surface area contributed by atoms with Crippen LogP contribution in [-0.4, -0.2) is 23.9 Å². The summed E-state index contributed by atoms with van der Waals surface area (Å²) in [6.07, 6.45) is 0.868. The molecule has 0 aliphatic carbocycles. The molecule has 2 atom stereocenters. The number of hydrogen-bond donors (Lipinski definition) is 1. The zero-order chi connectivity index (χ0) is 6.91. The van der Waals surface area contributed by atoms with Crippen LogP contribution in [0.3, 0.4) is 0 Å². The summed E-state index contributed by atoms with van der Waals surface area (Å²) in [4.78, 5) is 0. The Morgan fingerprint density at radius 2 is 2.33 bits per heavy atom. The summed E-state index contributed by atoms with van der Waals surface area (Å²) in [6.45, 7) is 5.21. The van der Waals surface area contributed by atoms with E-state index in [-0.39, 0.29) is 0 Å². The van der Waals surface area contributed by atoms with Crippen LogP contribution in [0.1, 0.15) is 20.3 Å². The molecule has 1 saturated heterocycles. The molecule has 0 spiro atoms. The predicted molar refractivity (Wildman–Crippen MR) is 35.2 cm³/mol. The third-order valence-corrected chi connectivity index (χ3v) is 1.60. The Morgan fingerprint density at radius 3 is 2.67 bits per heavy atom. The highest BCUT2D eigenvalue weighted by Crippen LogP contribution is 2.21. The highest BCUT2D eigenvalue weighted by atomic mass is 16.5. The summed E-state index contributed by atoms with van der Waals surface area (Å²) in [5.74, 6) is 0.508. The third-order valence-electron chi connectivity index (χ3n) is 1.60. The van der Waals surface area contributed by atoms with Gasteiger partial charge in [-0.25, -0.2) is 0 Å². The fourth-order valence-electron chi connectivity index (χ4n) is 1.35. The molecular formula is C7H14O2. The second-order valence-electron chi connectivity index (χ2n) is 3.32. The van der Waals surface area contributed by atoms with E-state index >= 15 is 0 Å². The van der Waals surface area contributed by atoms with Gasteiger partial charge in [-0.3, -0.25) is 0 Å². The molecule has 0 unspecified atom stereocenters. The Morgan fingerprint density at radius 1 is 1.67 bits per heavy atom. The zero-order valence-electron chi connectivity index (χ0n) is 6.05. The van der Waals surface area contributed by atoms with Gasteiger partial charge in [0.1, 0.15) is 0 Å². The first-order chi connectivity index (χ1) is 4.10. The summed E-state index contributed by atoms with van der Waals surface area (Å²) in [6, 6.07) is 0. The van der Waals surface area contributed by atoms with Crippen molar-refractivity contribution in [3.63, 3.8) is 0 Å². The molecule has 1 aliphatic heterocycles. The molecule has 0 saturated carbocycles. The van der Waals surface area contributed by atoms with E-state index in [0.717, 1.165) is 13.0 Å². The van der Waals surface area contributed by atoms with Crippen LogP contribution in [-0.2, 0) is 4.74 Å². The lowest BCUT2D eigenvalue weighted by Gasteiger charge is -2.31. The standard InChI is InChI=1S/C7H14O2/c1-6-3-7(2,8)5-9-4-6/h6,8H,3-5H2,1-2H3/t6-,7-/m1/s1. The van der Waals surface area contributed by atoms with Crippen molar-refractivity contribution < 1.29 is 9.84 Å². The molecule has 1 rings (SSSR count). The fraction of sp³-hybridized carbons (Fsp3) is 1.00. The van der Waals surface area contributed by atoms with Crippen molar-refractivity contribution >= 4 is 0 Å². The second kappa shape index (κ2) is 2.27. The lowest BCUT2D eigenvalue weighted by Crippen LogP contribution is -2.38. The van der Waals surface area contributed by atoms with E-state index in [2.05, 4.69) is 6.92 Å². The van der Waals surface area contributed by atoms with Crippen LogP contribution < -0.4 is 0 Å². The third kappa shape index (κ3) is 1.95. The van der Waals surface area contributed by atoms with Gasteiger partial charge in [0, 0.05) is 6.61 Å². The van der Waals surface area contributed by atoms with Crippen molar-refractivity contribution in [3.8, 4) is 0 Å². The lowest BCUT2D eigenvalue weighted by molar-refractivity contribution is -0.0941. The van der Waals surface area contributed by atoms with Crippen molar-refractivity contribution in [2.45, 2.75) is 25.9 Å². The average Bonchev–Trinajstić information content (AvgIpc) is 1.60. The summed E-state index contributed by atoms with van der Waals surface area (Å²) >= 11 is 0. The molecular weight excluding hydrogens is 116 g/mol. The van der Waals surface area contributed by atoms with Gasteiger partial charge in [0.25, 0.3) is 0 Å². The van der Waals surface area contributed by atoms with E-state index in [0.29, 0.717) is 12.5 Å². The quantitative estimate of drug-likeness (QED) is 0.525. The molecule has 0 radical (unpaired) electrons. The van der Waals surface area contributed by atoms with Gasteiger partial charge in [-0.15, -0.1) is 0 Å². The molecule has 9 heavy (non-hydrogen) atoms. The zero-order valence-corrected chi connectivity index (χ0v) is 6.05. The van der Waals surface area contributed by atoms with Gasteiger partial charge >= 0.3 is 0 Å².